The van der Waals surface area contributed by atoms with E-state index in [0.717, 1.165) is 17.7 Å². The van der Waals surface area contributed by atoms with Gasteiger partial charge in [0.25, 0.3) is 11.5 Å². The van der Waals surface area contributed by atoms with Gasteiger partial charge in [-0.15, -0.1) is 22.7 Å². The van der Waals surface area contributed by atoms with Gasteiger partial charge in [0.05, 0.1) is 22.6 Å². The highest BCUT2D eigenvalue weighted by Gasteiger charge is 2.22. The van der Waals surface area contributed by atoms with Crippen molar-refractivity contribution in [3.63, 3.8) is 0 Å². The first-order chi connectivity index (χ1) is 11.5. The maximum absolute atomic E-state index is 12.8. The number of fused-ring (bicyclic) bond motifs is 1. The highest BCUT2D eigenvalue weighted by Crippen LogP contribution is 2.29. The van der Waals surface area contributed by atoms with Crippen LogP contribution in [0.4, 0.5) is 0 Å². The van der Waals surface area contributed by atoms with Crippen molar-refractivity contribution >= 4 is 38.8 Å². The van der Waals surface area contributed by atoms with Gasteiger partial charge in [0.2, 0.25) is 0 Å². The minimum Gasteiger partial charge on any atom is -0.344 e. The van der Waals surface area contributed by atoms with Crippen LogP contribution in [-0.2, 0) is 7.05 Å². The van der Waals surface area contributed by atoms with Crippen molar-refractivity contribution in [2.24, 2.45) is 7.05 Å². The normalized spacial score (nSPS) is 12.5. The number of aryl methyl sites for hydroxylation is 2. The standard InChI is InChI=1S/C17H19N3O2S2/c1-4-6-11(12-7-5-8-23-12)19-15(21)14-10(2)13-16(24-14)18-9-20(3)17(13)22/h5,7-9,11H,4,6H2,1-3H3,(H,19,21)/t11-/m0/s1. The van der Waals surface area contributed by atoms with Gasteiger partial charge < -0.3 is 9.88 Å². The van der Waals surface area contributed by atoms with Crippen LogP contribution in [0.1, 0.15) is 45.9 Å². The zero-order valence-corrected chi connectivity index (χ0v) is 15.5. The zero-order valence-electron chi connectivity index (χ0n) is 13.8. The molecule has 0 saturated carbocycles. The molecule has 0 radical (unpaired) electrons. The number of carbonyl (C=O) groups excluding carboxylic acids is 1. The molecule has 3 rings (SSSR count). The van der Waals surface area contributed by atoms with Crippen LogP contribution in [-0.4, -0.2) is 15.5 Å². The molecule has 7 heteroatoms. The Morgan fingerprint density at radius 1 is 1.46 bits per heavy atom. The van der Waals surface area contributed by atoms with E-state index in [9.17, 15) is 9.59 Å². The first-order valence-corrected chi connectivity index (χ1v) is 9.51. The van der Waals surface area contributed by atoms with Crippen molar-refractivity contribution in [1.29, 1.82) is 0 Å². The number of amides is 1. The molecule has 0 fully saturated rings. The number of hydrogen-bond acceptors (Lipinski definition) is 5. The number of carbonyl (C=O) groups is 1. The van der Waals surface area contributed by atoms with Crippen LogP contribution in [0.5, 0.6) is 0 Å². The topological polar surface area (TPSA) is 64.0 Å². The van der Waals surface area contributed by atoms with Crippen LogP contribution in [0.3, 0.4) is 0 Å². The smallest absolute Gasteiger partial charge is 0.262 e. The summed E-state index contributed by atoms with van der Waals surface area (Å²) in [6.07, 6.45) is 3.36. The predicted octanol–water partition coefficient (Wildman–Crippen LogP) is 3.64. The van der Waals surface area contributed by atoms with Crippen LogP contribution < -0.4 is 10.9 Å². The summed E-state index contributed by atoms with van der Waals surface area (Å²) in [5.74, 6) is -0.135. The van der Waals surface area contributed by atoms with E-state index in [0.29, 0.717) is 20.7 Å². The predicted molar refractivity (Wildman–Crippen MR) is 99.0 cm³/mol. The zero-order chi connectivity index (χ0) is 17.3. The number of hydrogen-bond donors (Lipinski definition) is 1. The maximum Gasteiger partial charge on any atom is 0.262 e. The second kappa shape index (κ2) is 6.86. The maximum atomic E-state index is 12.8. The molecular formula is C17H19N3O2S2. The van der Waals surface area contributed by atoms with Crippen LogP contribution in [0, 0.1) is 6.92 Å². The van der Waals surface area contributed by atoms with E-state index < -0.39 is 0 Å². The highest BCUT2D eigenvalue weighted by atomic mass is 32.1. The third-order valence-corrected chi connectivity index (χ3v) is 6.17. The fourth-order valence-corrected chi connectivity index (χ4v) is 4.57. The van der Waals surface area contributed by atoms with Gasteiger partial charge in [-0.25, -0.2) is 4.98 Å². The number of aromatic nitrogens is 2. The van der Waals surface area contributed by atoms with Gasteiger partial charge in [-0.1, -0.05) is 19.4 Å². The molecule has 0 aliphatic carbocycles. The van der Waals surface area contributed by atoms with Gasteiger partial charge in [0.1, 0.15) is 4.83 Å². The monoisotopic (exact) mass is 361 g/mol. The lowest BCUT2D eigenvalue weighted by atomic mass is 10.1. The second-order valence-corrected chi connectivity index (χ2v) is 7.71. The molecule has 0 aromatic carbocycles. The SMILES string of the molecule is CCC[C@H](NC(=O)c1sc2ncn(C)c(=O)c2c1C)c1cccs1. The molecule has 24 heavy (non-hydrogen) atoms. The average molecular weight is 361 g/mol. The molecule has 3 heterocycles. The summed E-state index contributed by atoms with van der Waals surface area (Å²) < 4.78 is 1.44. The fraction of sp³-hybridized carbons (Fsp3) is 0.353. The molecule has 1 atom stereocenters. The van der Waals surface area contributed by atoms with Gasteiger partial charge in [-0.05, 0) is 30.4 Å². The molecule has 1 N–H and O–H groups in total. The van der Waals surface area contributed by atoms with Crippen LogP contribution in [0.15, 0.2) is 28.6 Å². The largest absolute Gasteiger partial charge is 0.344 e. The molecule has 3 aromatic heterocycles. The Morgan fingerprint density at radius 2 is 2.25 bits per heavy atom. The molecule has 1 amide bonds. The quantitative estimate of drug-likeness (QED) is 0.755. The van der Waals surface area contributed by atoms with E-state index >= 15 is 0 Å². The average Bonchev–Trinajstić information content (AvgIpc) is 3.19. The summed E-state index contributed by atoms with van der Waals surface area (Å²) in [6, 6.07) is 4.04. The molecule has 5 nitrogen and oxygen atoms in total. The first-order valence-electron chi connectivity index (χ1n) is 7.82. The summed E-state index contributed by atoms with van der Waals surface area (Å²) in [6.45, 7) is 3.92. The van der Waals surface area contributed by atoms with Gasteiger partial charge in [0, 0.05) is 11.9 Å². The number of rotatable bonds is 5. The van der Waals surface area contributed by atoms with Gasteiger partial charge >= 0.3 is 0 Å². The van der Waals surface area contributed by atoms with Crippen molar-refractivity contribution in [1.82, 2.24) is 14.9 Å². The van der Waals surface area contributed by atoms with Crippen molar-refractivity contribution in [2.75, 3.05) is 0 Å². The van der Waals surface area contributed by atoms with Crippen molar-refractivity contribution in [2.45, 2.75) is 32.7 Å². The molecule has 0 spiro atoms. The molecule has 0 bridgehead atoms. The molecule has 0 unspecified atom stereocenters. The van der Waals surface area contributed by atoms with E-state index in [2.05, 4.69) is 17.2 Å². The van der Waals surface area contributed by atoms with Crippen LogP contribution >= 0.6 is 22.7 Å². The van der Waals surface area contributed by atoms with Gasteiger partial charge in [-0.2, -0.15) is 0 Å². The van der Waals surface area contributed by atoms with Gasteiger partial charge in [-0.3, -0.25) is 9.59 Å². The summed E-state index contributed by atoms with van der Waals surface area (Å²) in [7, 11) is 1.67. The first kappa shape index (κ1) is 16.9. The molecule has 3 aromatic rings. The fourth-order valence-electron chi connectivity index (χ4n) is 2.71. The Morgan fingerprint density at radius 3 is 2.92 bits per heavy atom. The lowest BCUT2D eigenvalue weighted by Gasteiger charge is -2.16. The van der Waals surface area contributed by atoms with E-state index in [4.69, 9.17) is 0 Å². The Balaban J connectivity index is 1.95. The Kier molecular flexibility index (Phi) is 4.82. The van der Waals surface area contributed by atoms with Gasteiger partial charge in [0.15, 0.2) is 0 Å². The Hall–Kier alpha value is -1.99. The highest BCUT2D eigenvalue weighted by molar-refractivity contribution is 7.20. The Labute approximate surface area is 148 Å². The van der Waals surface area contributed by atoms with E-state index in [1.54, 1.807) is 18.4 Å². The summed E-state index contributed by atoms with van der Waals surface area (Å²) >= 11 is 2.92. The van der Waals surface area contributed by atoms with Crippen molar-refractivity contribution in [3.05, 3.63) is 49.5 Å². The van der Waals surface area contributed by atoms with Crippen molar-refractivity contribution < 1.29 is 4.79 Å². The summed E-state index contributed by atoms with van der Waals surface area (Å²) in [5.41, 5.74) is 0.596. The summed E-state index contributed by atoms with van der Waals surface area (Å²) in [5, 5.41) is 5.67. The third-order valence-electron chi connectivity index (χ3n) is 3.99. The lowest BCUT2D eigenvalue weighted by Crippen LogP contribution is -2.28. The van der Waals surface area contributed by atoms with Crippen LogP contribution in [0.25, 0.3) is 10.2 Å². The summed E-state index contributed by atoms with van der Waals surface area (Å²) in [4.78, 5) is 31.7. The van der Waals surface area contributed by atoms with Crippen LogP contribution in [0.2, 0.25) is 0 Å². The lowest BCUT2D eigenvalue weighted by molar-refractivity contribution is 0.0939. The number of thiophene rings is 2. The van der Waals surface area contributed by atoms with Crippen molar-refractivity contribution in [3.8, 4) is 0 Å². The molecule has 0 aliphatic rings. The molecule has 126 valence electrons. The minimum atomic E-state index is -0.135. The molecule has 0 aliphatic heterocycles. The van der Waals surface area contributed by atoms with E-state index in [-0.39, 0.29) is 17.5 Å². The second-order valence-electron chi connectivity index (χ2n) is 5.73. The number of nitrogens with one attached hydrogen (secondary N) is 1. The molecular weight excluding hydrogens is 342 g/mol. The Bertz CT molecular complexity index is 925. The minimum absolute atomic E-state index is 0.00269. The van der Waals surface area contributed by atoms with E-state index in [1.165, 1.54) is 22.2 Å². The molecule has 0 saturated heterocycles. The number of nitrogens with zero attached hydrogens (tertiary/aromatic N) is 2. The third kappa shape index (κ3) is 3.01. The van der Waals surface area contributed by atoms with E-state index in [1.807, 2.05) is 24.4 Å².